The van der Waals surface area contributed by atoms with Gasteiger partial charge in [-0.2, -0.15) is 18.3 Å². The highest BCUT2D eigenvalue weighted by Gasteiger charge is 2.30. The van der Waals surface area contributed by atoms with Crippen molar-refractivity contribution in [3.8, 4) is 0 Å². The molecule has 2 aromatic rings. The third kappa shape index (κ3) is 5.24. The maximum Gasteiger partial charge on any atom is 0.416 e. The van der Waals surface area contributed by atoms with Gasteiger partial charge in [0.05, 0.1) is 23.8 Å². The van der Waals surface area contributed by atoms with Crippen LogP contribution in [0.25, 0.3) is 0 Å². The molecule has 0 fully saturated rings. The Hall–Kier alpha value is -2.51. The van der Waals surface area contributed by atoms with E-state index in [1.54, 1.807) is 6.07 Å². The molecule has 1 atom stereocenters. The maximum absolute atomic E-state index is 12.9. The van der Waals surface area contributed by atoms with Gasteiger partial charge in [-0.25, -0.2) is 4.99 Å². The topological polar surface area (TPSA) is 54.2 Å². The number of benzene rings is 1. The molecule has 27 heavy (non-hydrogen) atoms. The average Bonchev–Trinajstić information content (AvgIpc) is 2.84. The van der Waals surface area contributed by atoms with Gasteiger partial charge >= 0.3 is 6.18 Å². The van der Waals surface area contributed by atoms with Gasteiger partial charge in [-0.1, -0.05) is 12.1 Å². The SMILES string of the molecule is CCNC(=NCc1c(C)nn(C)c1C)NC(C)c1cccc(C(F)(F)F)c1. The lowest BCUT2D eigenvalue weighted by Crippen LogP contribution is -2.38. The van der Waals surface area contributed by atoms with Gasteiger partial charge in [-0.15, -0.1) is 0 Å². The summed E-state index contributed by atoms with van der Waals surface area (Å²) in [5, 5.41) is 10.7. The van der Waals surface area contributed by atoms with Crippen LogP contribution in [0.5, 0.6) is 0 Å². The van der Waals surface area contributed by atoms with Crippen molar-refractivity contribution < 1.29 is 13.2 Å². The molecule has 0 saturated carbocycles. The molecule has 2 N–H and O–H groups in total. The summed E-state index contributed by atoms with van der Waals surface area (Å²) in [5.74, 6) is 0.546. The van der Waals surface area contributed by atoms with Gasteiger partial charge in [-0.3, -0.25) is 4.68 Å². The summed E-state index contributed by atoms with van der Waals surface area (Å²) in [6.45, 7) is 8.75. The third-order valence-electron chi connectivity index (χ3n) is 4.47. The van der Waals surface area contributed by atoms with Gasteiger partial charge in [0.15, 0.2) is 5.96 Å². The molecule has 0 spiro atoms. The summed E-state index contributed by atoms with van der Waals surface area (Å²) < 4.78 is 40.6. The van der Waals surface area contributed by atoms with E-state index in [4.69, 9.17) is 0 Å². The average molecular weight is 381 g/mol. The van der Waals surface area contributed by atoms with Crippen LogP contribution < -0.4 is 10.6 Å². The smallest absolute Gasteiger partial charge is 0.357 e. The van der Waals surface area contributed by atoms with Crippen LogP contribution in [0, 0.1) is 13.8 Å². The second kappa shape index (κ2) is 8.45. The first kappa shape index (κ1) is 20.8. The largest absolute Gasteiger partial charge is 0.416 e. The highest BCUT2D eigenvalue weighted by Crippen LogP contribution is 2.30. The Balaban J connectivity index is 2.17. The van der Waals surface area contributed by atoms with Crippen LogP contribution >= 0.6 is 0 Å². The van der Waals surface area contributed by atoms with E-state index in [1.807, 2.05) is 39.4 Å². The predicted octanol–water partition coefficient (Wildman–Crippen LogP) is 3.87. The second-order valence-electron chi connectivity index (χ2n) is 6.46. The Kier molecular flexibility index (Phi) is 6.51. The Bertz CT molecular complexity index is 808. The molecule has 1 aromatic heterocycles. The molecule has 0 amide bonds. The summed E-state index contributed by atoms with van der Waals surface area (Å²) in [4.78, 5) is 4.57. The molecule has 148 valence electrons. The number of aliphatic imine (C=N–C) groups is 1. The van der Waals surface area contributed by atoms with Crippen LogP contribution in [-0.4, -0.2) is 22.3 Å². The number of nitrogens with one attached hydrogen (secondary N) is 2. The number of hydrogen-bond acceptors (Lipinski definition) is 2. The van der Waals surface area contributed by atoms with E-state index in [1.165, 1.54) is 6.07 Å². The van der Waals surface area contributed by atoms with E-state index in [9.17, 15) is 13.2 Å². The Morgan fingerprint density at radius 1 is 1.30 bits per heavy atom. The molecule has 1 unspecified atom stereocenters. The molecule has 2 rings (SSSR count). The van der Waals surface area contributed by atoms with E-state index in [2.05, 4.69) is 20.7 Å². The summed E-state index contributed by atoms with van der Waals surface area (Å²) in [5.41, 5.74) is 2.89. The monoisotopic (exact) mass is 381 g/mol. The molecule has 0 aliphatic carbocycles. The molecule has 0 bridgehead atoms. The maximum atomic E-state index is 12.9. The predicted molar refractivity (Wildman–Crippen MR) is 100 cm³/mol. The van der Waals surface area contributed by atoms with Crippen LogP contribution in [0.3, 0.4) is 0 Å². The van der Waals surface area contributed by atoms with Gasteiger partial charge in [-0.05, 0) is 45.4 Å². The van der Waals surface area contributed by atoms with Crippen molar-refractivity contribution in [3.63, 3.8) is 0 Å². The highest BCUT2D eigenvalue weighted by molar-refractivity contribution is 5.80. The Labute approximate surface area is 157 Å². The van der Waals surface area contributed by atoms with Crippen molar-refractivity contribution in [2.24, 2.45) is 12.0 Å². The number of nitrogens with zero attached hydrogens (tertiary/aromatic N) is 3. The third-order valence-corrected chi connectivity index (χ3v) is 4.47. The van der Waals surface area contributed by atoms with Gasteiger partial charge in [0.2, 0.25) is 0 Å². The fourth-order valence-corrected chi connectivity index (χ4v) is 2.80. The van der Waals surface area contributed by atoms with Crippen molar-refractivity contribution in [2.45, 2.75) is 46.5 Å². The molecule has 0 radical (unpaired) electrons. The molecule has 5 nitrogen and oxygen atoms in total. The fraction of sp³-hybridized carbons (Fsp3) is 0.474. The number of aromatic nitrogens is 2. The summed E-state index contributed by atoms with van der Waals surface area (Å²) >= 11 is 0. The highest BCUT2D eigenvalue weighted by atomic mass is 19.4. The number of aryl methyl sites for hydroxylation is 2. The molecule has 8 heteroatoms. The minimum absolute atomic E-state index is 0.332. The van der Waals surface area contributed by atoms with E-state index in [-0.39, 0.29) is 6.04 Å². The number of alkyl halides is 3. The number of hydrogen-bond donors (Lipinski definition) is 2. The summed E-state index contributed by atoms with van der Waals surface area (Å²) in [6, 6.07) is 5.00. The fourth-order valence-electron chi connectivity index (χ4n) is 2.80. The normalized spacial score (nSPS) is 13.6. The molecular weight excluding hydrogens is 355 g/mol. The zero-order chi connectivity index (χ0) is 20.2. The van der Waals surface area contributed by atoms with Crippen molar-refractivity contribution in [1.29, 1.82) is 0 Å². The van der Waals surface area contributed by atoms with Crippen LogP contribution in [-0.2, 0) is 19.8 Å². The van der Waals surface area contributed by atoms with E-state index in [0.29, 0.717) is 24.6 Å². The van der Waals surface area contributed by atoms with Crippen molar-refractivity contribution in [1.82, 2.24) is 20.4 Å². The van der Waals surface area contributed by atoms with Gasteiger partial charge in [0.1, 0.15) is 0 Å². The molecule has 0 aliphatic rings. The van der Waals surface area contributed by atoms with Crippen LogP contribution in [0.1, 0.15) is 48.0 Å². The lowest BCUT2D eigenvalue weighted by Gasteiger charge is -2.19. The first-order valence-electron chi connectivity index (χ1n) is 8.84. The lowest BCUT2D eigenvalue weighted by molar-refractivity contribution is -0.137. The zero-order valence-corrected chi connectivity index (χ0v) is 16.3. The second-order valence-corrected chi connectivity index (χ2v) is 6.46. The van der Waals surface area contributed by atoms with Crippen molar-refractivity contribution in [3.05, 3.63) is 52.3 Å². The van der Waals surface area contributed by atoms with E-state index >= 15 is 0 Å². The first-order valence-corrected chi connectivity index (χ1v) is 8.84. The Morgan fingerprint density at radius 3 is 2.56 bits per heavy atom. The van der Waals surface area contributed by atoms with Crippen molar-refractivity contribution >= 4 is 5.96 Å². The molecule has 0 aliphatic heterocycles. The van der Waals surface area contributed by atoms with E-state index < -0.39 is 11.7 Å². The zero-order valence-electron chi connectivity index (χ0n) is 16.3. The van der Waals surface area contributed by atoms with Crippen LogP contribution in [0.4, 0.5) is 13.2 Å². The molecule has 0 saturated heterocycles. The molecule has 1 aromatic carbocycles. The van der Waals surface area contributed by atoms with E-state index in [0.717, 1.165) is 29.1 Å². The Morgan fingerprint density at radius 2 is 2.00 bits per heavy atom. The summed E-state index contributed by atoms with van der Waals surface area (Å²) in [6.07, 6.45) is -4.36. The molecule has 1 heterocycles. The van der Waals surface area contributed by atoms with Crippen molar-refractivity contribution in [2.75, 3.05) is 6.54 Å². The van der Waals surface area contributed by atoms with Gasteiger partial charge < -0.3 is 10.6 Å². The van der Waals surface area contributed by atoms with Gasteiger partial charge in [0, 0.05) is 24.8 Å². The number of rotatable bonds is 5. The number of guanidine groups is 1. The lowest BCUT2D eigenvalue weighted by atomic mass is 10.1. The first-order chi connectivity index (χ1) is 12.6. The van der Waals surface area contributed by atoms with Gasteiger partial charge in [0.25, 0.3) is 0 Å². The minimum atomic E-state index is -4.36. The summed E-state index contributed by atoms with van der Waals surface area (Å²) in [7, 11) is 1.88. The van der Waals surface area contributed by atoms with Crippen LogP contribution in [0.15, 0.2) is 29.3 Å². The molecular formula is C19H26F3N5. The minimum Gasteiger partial charge on any atom is -0.357 e. The number of halogens is 3. The standard InChI is InChI=1S/C19H26F3N5/c1-6-23-18(24-11-17-13(3)26-27(5)14(17)4)25-12(2)15-8-7-9-16(10-15)19(20,21)22/h7-10,12H,6,11H2,1-5H3,(H2,23,24,25). The quantitative estimate of drug-likeness (QED) is 0.611. The van der Waals surface area contributed by atoms with Crippen LogP contribution in [0.2, 0.25) is 0 Å².